The summed E-state index contributed by atoms with van der Waals surface area (Å²) in [6.45, 7) is 2.33. The van der Waals surface area contributed by atoms with Crippen molar-refractivity contribution in [3.05, 3.63) is 60.2 Å². The number of ether oxygens (including phenoxy) is 1. The van der Waals surface area contributed by atoms with Crippen LogP contribution in [0.2, 0.25) is 0 Å². The highest BCUT2D eigenvalue weighted by Gasteiger charge is 2.08. The van der Waals surface area contributed by atoms with E-state index in [0.717, 1.165) is 5.56 Å². The first kappa shape index (κ1) is 18.6. The van der Waals surface area contributed by atoms with E-state index >= 15 is 0 Å². The van der Waals surface area contributed by atoms with Crippen molar-refractivity contribution in [3.63, 3.8) is 0 Å². The number of nitrogens with zero attached hydrogens (tertiary/aromatic N) is 2. The molecule has 0 fully saturated rings. The molecule has 1 aromatic heterocycles. The van der Waals surface area contributed by atoms with Crippen molar-refractivity contribution in [2.45, 2.75) is 26.2 Å². The molecule has 27 heavy (non-hydrogen) atoms. The number of rotatable bonds is 8. The lowest BCUT2D eigenvalue weighted by Gasteiger charge is -2.07. The van der Waals surface area contributed by atoms with Crippen molar-refractivity contribution in [1.82, 2.24) is 10.2 Å². The minimum Gasteiger partial charge on any atom is -0.494 e. The van der Waals surface area contributed by atoms with Crippen LogP contribution in [0.4, 0.5) is 10.1 Å². The van der Waals surface area contributed by atoms with Gasteiger partial charge in [-0.25, -0.2) is 4.39 Å². The molecule has 0 saturated carbocycles. The van der Waals surface area contributed by atoms with E-state index in [4.69, 9.17) is 9.15 Å². The molecule has 1 N–H and O–H groups in total. The third kappa shape index (κ3) is 5.37. The number of halogens is 1. The lowest BCUT2D eigenvalue weighted by atomic mass is 10.2. The summed E-state index contributed by atoms with van der Waals surface area (Å²) in [5.74, 6) is 1.22. The Bertz CT molecular complexity index is 876. The Kier molecular flexibility index (Phi) is 6.14. The summed E-state index contributed by atoms with van der Waals surface area (Å²) in [5, 5.41) is 10.8. The third-order valence-corrected chi connectivity index (χ3v) is 3.82. The van der Waals surface area contributed by atoms with Gasteiger partial charge in [-0.3, -0.25) is 4.79 Å². The molecule has 0 saturated heterocycles. The number of benzene rings is 2. The molecule has 0 spiro atoms. The summed E-state index contributed by atoms with van der Waals surface area (Å²) >= 11 is 0. The molecule has 0 aliphatic carbocycles. The molecule has 140 valence electrons. The molecule has 3 rings (SSSR count). The third-order valence-electron chi connectivity index (χ3n) is 3.82. The lowest BCUT2D eigenvalue weighted by Crippen LogP contribution is -2.12. The zero-order chi connectivity index (χ0) is 19.1. The summed E-state index contributed by atoms with van der Waals surface area (Å²) in [4.78, 5) is 12.0. The van der Waals surface area contributed by atoms with Gasteiger partial charge in [0.25, 0.3) is 0 Å². The van der Waals surface area contributed by atoms with Crippen LogP contribution in [0.25, 0.3) is 11.5 Å². The number of amides is 1. The fourth-order valence-electron chi connectivity index (χ4n) is 2.39. The molecule has 0 bridgehead atoms. The Morgan fingerprint density at radius 1 is 1.11 bits per heavy atom. The fourth-order valence-corrected chi connectivity index (χ4v) is 2.39. The molecule has 0 aliphatic rings. The maximum atomic E-state index is 12.8. The molecular weight excluding hydrogens is 349 g/mol. The van der Waals surface area contributed by atoms with E-state index < -0.39 is 0 Å². The van der Waals surface area contributed by atoms with Crippen LogP contribution in [0, 0.1) is 5.82 Å². The highest BCUT2D eigenvalue weighted by atomic mass is 19.1. The Morgan fingerprint density at radius 3 is 2.52 bits per heavy atom. The SMILES string of the molecule is CCc1nnc(-c2ccc(NC(=O)CCCOc3ccc(F)cc3)cc2)o1. The minimum atomic E-state index is -0.308. The molecule has 1 amide bonds. The first-order valence-corrected chi connectivity index (χ1v) is 8.75. The van der Waals surface area contributed by atoms with Crippen molar-refractivity contribution in [2.24, 2.45) is 0 Å². The zero-order valence-corrected chi connectivity index (χ0v) is 14.9. The standard InChI is InChI=1S/C20H20FN3O3/c1-2-19-23-24-20(27-19)14-5-9-16(10-6-14)22-18(25)4-3-13-26-17-11-7-15(21)8-12-17/h5-12H,2-4,13H2,1H3,(H,22,25). The van der Waals surface area contributed by atoms with E-state index in [9.17, 15) is 9.18 Å². The van der Waals surface area contributed by atoms with Crippen LogP contribution in [-0.2, 0) is 11.2 Å². The fraction of sp³-hybridized carbons (Fsp3) is 0.250. The molecule has 2 aromatic carbocycles. The van der Waals surface area contributed by atoms with Gasteiger partial charge in [0.2, 0.25) is 17.7 Å². The van der Waals surface area contributed by atoms with E-state index in [-0.39, 0.29) is 11.7 Å². The molecule has 6 nitrogen and oxygen atoms in total. The number of nitrogens with one attached hydrogen (secondary N) is 1. The van der Waals surface area contributed by atoms with Gasteiger partial charge in [-0.05, 0) is 55.0 Å². The second-order valence-electron chi connectivity index (χ2n) is 5.89. The Balaban J connectivity index is 1.43. The lowest BCUT2D eigenvalue weighted by molar-refractivity contribution is -0.116. The number of carbonyl (C=O) groups excluding carboxylic acids is 1. The second kappa shape index (κ2) is 8.93. The molecular formula is C20H20FN3O3. The molecule has 3 aromatic rings. The van der Waals surface area contributed by atoms with Gasteiger partial charge in [-0.15, -0.1) is 10.2 Å². The van der Waals surface area contributed by atoms with E-state index in [1.807, 2.05) is 19.1 Å². The smallest absolute Gasteiger partial charge is 0.247 e. The van der Waals surface area contributed by atoms with Crippen LogP contribution in [0.3, 0.4) is 0 Å². The van der Waals surface area contributed by atoms with Crippen molar-refractivity contribution in [2.75, 3.05) is 11.9 Å². The topological polar surface area (TPSA) is 77.2 Å². The van der Waals surface area contributed by atoms with Crippen molar-refractivity contribution in [1.29, 1.82) is 0 Å². The number of aryl methyl sites for hydroxylation is 1. The van der Waals surface area contributed by atoms with E-state index in [2.05, 4.69) is 15.5 Å². The van der Waals surface area contributed by atoms with Gasteiger partial charge in [0.1, 0.15) is 11.6 Å². The van der Waals surface area contributed by atoms with Crippen molar-refractivity contribution >= 4 is 11.6 Å². The number of aromatic nitrogens is 2. The van der Waals surface area contributed by atoms with Crippen LogP contribution in [0.1, 0.15) is 25.7 Å². The largest absolute Gasteiger partial charge is 0.494 e. The minimum absolute atomic E-state index is 0.100. The van der Waals surface area contributed by atoms with Crippen LogP contribution < -0.4 is 10.1 Å². The normalized spacial score (nSPS) is 10.6. The second-order valence-corrected chi connectivity index (χ2v) is 5.89. The van der Waals surface area contributed by atoms with Gasteiger partial charge >= 0.3 is 0 Å². The average Bonchev–Trinajstić information content (AvgIpc) is 3.16. The first-order valence-electron chi connectivity index (χ1n) is 8.75. The first-order chi connectivity index (χ1) is 13.1. The Morgan fingerprint density at radius 2 is 1.85 bits per heavy atom. The number of hydrogen-bond donors (Lipinski definition) is 1. The zero-order valence-electron chi connectivity index (χ0n) is 14.9. The highest BCUT2D eigenvalue weighted by molar-refractivity contribution is 5.90. The highest BCUT2D eigenvalue weighted by Crippen LogP contribution is 2.20. The molecule has 0 aliphatic heterocycles. The van der Waals surface area contributed by atoms with E-state index in [1.165, 1.54) is 12.1 Å². The summed E-state index contributed by atoms with van der Waals surface area (Å²) < 4.78 is 23.8. The van der Waals surface area contributed by atoms with Crippen LogP contribution in [0.15, 0.2) is 52.9 Å². The van der Waals surface area contributed by atoms with Crippen LogP contribution in [0.5, 0.6) is 5.75 Å². The van der Waals surface area contributed by atoms with Gasteiger partial charge in [0.15, 0.2) is 0 Å². The van der Waals surface area contributed by atoms with Gasteiger partial charge in [-0.1, -0.05) is 6.92 Å². The monoisotopic (exact) mass is 369 g/mol. The van der Waals surface area contributed by atoms with E-state index in [0.29, 0.717) is 49.1 Å². The summed E-state index contributed by atoms with van der Waals surface area (Å²) in [5.41, 5.74) is 1.49. The van der Waals surface area contributed by atoms with Gasteiger partial charge < -0.3 is 14.5 Å². The molecule has 1 heterocycles. The average molecular weight is 369 g/mol. The van der Waals surface area contributed by atoms with Gasteiger partial charge in [0, 0.05) is 24.1 Å². The summed E-state index contributed by atoms with van der Waals surface area (Å²) in [6, 6.07) is 13.0. The molecule has 7 heteroatoms. The number of carbonyl (C=O) groups is 1. The predicted octanol–water partition coefficient (Wildman–Crippen LogP) is 4.24. The van der Waals surface area contributed by atoms with E-state index in [1.54, 1.807) is 24.3 Å². The maximum Gasteiger partial charge on any atom is 0.247 e. The molecule has 0 radical (unpaired) electrons. The quantitative estimate of drug-likeness (QED) is 0.601. The van der Waals surface area contributed by atoms with Gasteiger partial charge in [0.05, 0.1) is 6.61 Å². The molecule has 0 atom stereocenters. The van der Waals surface area contributed by atoms with Crippen molar-refractivity contribution in [3.8, 4) is 17.2 Å². The van der Waals surface area contributed by atoms with Gasteiger partial charge in [-0.2, -0.15) is 0 Å². The number of hydrogen-bond acceptors (Lipinski definition) is 5. The maximum absolute atomic E-state index is 12.8. The summed E-state index contributed by atoms with van der Waals surface area (Å²) in [7, 11) is 0. The molecule has 0 unspecified atom stereocenters. The van der Waals surface area contributed by atoms with Crippen LogP contribution in [-0.4, -0.2) is 22.7 Å². The Labute approximate surface area is 156 Å². The van der Waals surface area contributed by atoms with Crippen molar-refractivity contribution < 1.29 is 18.3 Å². The van der Waals surface area contributed by atoms with Crippen LogP contribution >= 0.6 is 0 Å². The number of anilines is 1. The summed E-state index contributed by atoms with van der Waals surface area (Å²) in [6.07, 6.45) is 1.57. The predicted molar refractivity (Wildman–Crippen MR) is 98.9 cm³/mol. The Hall–Kier alpha value is -3.22.